The Kier molecular flexibility index (Phi) is 4.00. The molecule has 0 radical (unpaired) electrons. The predicted octanol–water partition coefficient (Wildman–Crippen LogP) is 3.30. The summed E-state index contributed by atoms with van der Waals surface area (Å²) in [6, 6.07) is 11.8. The van der Waals surface area contributed by atoms with Crippen LogP contribution >= 0.6 is 11.8 Å². The van der Waals surface area contributed by atoms with E-state index >= 15 is 0 Å². The Balaban J connectivity index is 1.57. The monoisotopic (exact) mass is 336 g/mol. The van der Waals surface area contributed by atoms with Crippen LogP contribution in [-0.4, -0.2) is 29.1 Å². The maximum Gasteiger partial charge on any atom is 0.191 e. The Bertz CT molecular complexity index is 927. The van der Waals surface area contributed by atoms with Crippen LogP contribution in [0, 0.1) is 0 Å². The van der Waals surface area contributed by atoms with E-state index in [1.54, 1.807) is 18.0 Å². The Hall–Kier alpha value is -2.67. The highest BCUT2D eigenvalue weighted by Gasteiger charge is 2.14. The summed E-state index contributed by atoms with van der Waals surface area (Å²) in [6.07, 6.45) is 5.83. The van der Waals surface area contributed by atoms with E-state index in [0.29, 0.717) is 0 Å². The maximum atomic E-state index is 4.62. The number of imidazole rings is 1. The molecule has 7 heteroatoms. The van der Waals surface area contributed by atoms with Crippen molar-refractivity contribution in [3.8, 4) is 11.5 Å². The molecule has 4 aromatic rings. The van der Waals surface area contributed by atoms with Gasteiger partial charge in [-0.1, -0.05) is 23.9 Å². The van der Waals surface area contributed by atoms with Gasteiger partial charge in [-0.05, 0) is 31.2 Å². The Morgan fingerprint density at radius 1 is 1.08 bits per heavy atom. The Labute approximate surface area is 143 Å². The second kappa shape index (κ2) is 6.45. The zero-order chi connectivity index (χ0) is 16.4. The fraction of sp³-hybridized carbons (Fsp3) is 0.176. The summed E-state index contributed by atoms with van der Waals surface area (Å²) in [7, 11) is 0. The van der Waals surface area contributed by atoms with Gasteiger partial charge < -0.3 is 8.97 Å². The van der Waals surface area contributed by atoms with E-state index in [1.807, 2.05) is 47.0 Å². The van der Waals surface area contributed by atoms with Gasteiger partial charge in [-0.25, -0.2) is 4.98 Å². The van der Waals surface area contributed by atoms with Crippen molar-refractivity contribution in [3.05, 3.63) is 60.7 Å². The SMILES string of the molecule is CCn1c(SCc2cn3ccccc3n2)nnc1-c1ccccn1. The van der Waals surface area contributed by atoms with Gasteiger partial charge >= 0.3 is 0 Å². The van der Waals surface area contributed by atoms with Gasteiger partial charge in [0.1, 0.15) is 11.3 Å². The lowest BCUT2D eigenvalue weighted by Crippen LogP contribution is -2.00. The zero-order valence-electron chi connectivity index (χ0n) is 13.2. The van der Waals surface area contributed by atoms with E-state index in [0.717, 1.165) is 40.3 Å². The number of hydrogen-bond donors (Lipinski definition) is 0. The molecule has 0 N–H and O–H groups in total. The quantitative estimate of drug-likeness (QED) is 0.523. The topological polar surface area (TPSA) is 60.9 Å². The summed E-state index contributed by atoms with van der Waals surface area (Å²) in [5, 5.41) is 9.53. The molecule has 4 heterocycles. The van der Waals surface area contributed by atoms with Crippen molar-refractivity contribution in [1.29, 1.82) is 0 Å². The molecule has 0 aliphatic carbocycles. The van der Waals surface area contributed by atoms with Crippen LogP contribution in [0.4, 0.5) is 0 Å². The van der Waals surface area contributed by atoms with Crippen LogP contribution in [-0.2, 0) is 12.3 Å². The van der Waals surface area contributed by atoms with Gasteiger partial charge in [-0.2, -0.15) is 0 Å². The predicted molar refractivity (Wildman–Crippen MR) is 93.7 cm³/mol. The van der Waals surface area contributed by atoms with Gasteiger partial charge in [0.05, 0.1) is 5.69 Å². The second-order valence-corrected chi connectivity index (χ2v) is 6.19. The number of fused-ring (bicyclic) bond motifs is 1. The lowest BCUT2D eigenvalue weighted by atomic mass is 10.3. The summed E-state index contributed by atoms with van der Waals surface area (Å²) < 4.78 is 4.11. The molecule has 4 rings (SSSR count). The number of rotatable bonds is 5. The smallest absolute Gasteiger partial charge is 0.191 e. The first-order valence-electron chi connectivity index (χ1n) is 7.75. The number of thioether (sulfide) groups is 1. The van der Waals surface area contributed by atoms with E-state index in [2.05, 4.69) is 37.9 Å². The maximum absolute atomic E-state index is 4.62. The minimum atomic E-state index is 0.752. The fourth-order valence-corrected chi connectivity index (χ4v) is 3.45. The lowest BCUT2D eigenvalue weighted by molar-refractivity contribution is 0.686. The standard InChI is InChI=1S/C17H16N6S/c1-2-23-16(14-7-3-5-9-18-14)20-21-17(23)24-12-13-11-22-10-6-4-8-15(22)19-13/h3-11H,2,12H2,1H3. The van der Waals surface area contributed by atoms with E-state index in [9.17, 15) is 0 Å². The van der Waals surface area contributed by atoms with Gasteiger partial charge in [0.2, 0.25) is 0 Å². The third-order valence-corrected chi connectivity index (χ3v) is 4.69. The molecule has 0 aliphatic rings. The lowest BCUT2D eigenvalue weighted by Gasteiger charge is -2.05. The minimum absolute atomic E-state index is 0.752. The van der Waals surface area contributed by atoms with Crippen LogP contribution in [0.2, 0.25) is 0 Å². The van der Waals surface area contributed by atoms with Crippen LogP contribution in [0.3, 0.4) is 0 Å². The van der Waals surface area contributed by atoms with Crippen LogP contribution in [0.5, 0.6) is 0 Å². The van der Waals surface area contributed by atoms with Crippen molar-refractivity contribution in [1.82, 2.24) is 29.1 Å². The molecule has 0 bridgehead atoms. The molecule has 24 heavy (non-hydrogen) atoms. The first-order valence-corrected chi connectivity index (χ1v) is 8.73. The van der Waals surface area contributed by atoms with Gasteiger partial charge in [0.25, 0.3) is 0 Å². The molecule has 0 unspecified atom stereocenters. The van der Waals surface area contributed by atoms with Crippen LogP contribution < -0.4 is 0 Å². The highest BCUT2D eigenvalue weighted by molar-refractivity contribution is 7.98. The molecule has 0 amide bonds. The second-order valence-electron chi connectivity index (χ2n) is 5.25. The number of nitrogens with zero attached hydrogens (tertiary/aromatic N) is 6. The van der Waals surface area contributed by atoms with Gasteiger partial charge in [-0.15, -0.1) is 10.2 Å². The van der Waals surface area contributed by atoms with Crippen LogP contribution in [0.15, 0.2) is 60.1 Å². The van der Waals surface area contributed by atoms with Crippen molar-refractivity contribution in [2.24, 2.45) is 0 Å². The summed E-state index contributed by atoms with van der Waals surface area (Å²) >= 11 is 1.64. The first kappa shape index (κ1) is 14.9. The Morgan fingerprint density at radius 3 is 2.79 bits per heavy atom. The Morgan fingerprint density at radius 2 is 2.00 bits per heavy atom. The van der Waals surface area contributed by atoms with E-state index in [4.69, 9.17) is 0 Å². The zero-order valence-corrected chi connectivity index (χ0v) is 14.0. The van der Waals surface area contributed by atoms with E-state index in [-0.39, 0.29) is 0 Å². The van der Waals surface area contributed by atoms with Gasteiger partial charge in [0, 0.05) is 30.9 Å². The average Bonchev–Trinajstić information content (AvgIpc) is 3.23. The molecule has 0 atom stereocenters. The highest BCUT2D eigenvalue weighted by atomic mass is 32.2. The molecule has 6 nitrogen and oxygen atoms in total. The van der Waals surface area contributed by atoms with Crippen LogP contribution in [0.25, 0.3) is 17.2 Å². The minimum Gasteiger partial charge on any atom is -0.307 e. The summed E-state index contributed by atoms with van der Waals surface area (Å²) in [5.74, 6) is 1.55. The fourth-order valence-electron chi connectivity index (χ4n) is 2.56. The third-order valence-electron chi connectivity index (χ3n) is 3.69. The summed E-state index contributed by atoms with van der Waals surface area (Å²) in [4.78, 5) is 8.99. The molecular weight excluding hydrogens is 320 g/mol. The highest BCUT2D eigenvalue weighted by Crippen LogP contribution is 2.25. The van der Waals surface area contributed by atoms with E-state index < -0.39 is 0 Å². The largest absolute Gasteiger partial charge is 0.307 e. The molecule has 0 aromatic carbocycles. The normalized spacial score (nSPS) is 11.2. The summed E-state index contributed by atoms with van der Waals surface area (Å²) in [5.41, 5.74) is 2.82. The molecule has 0 saturated carbocycles. The van der Waals surface area contributed by atoms with E-state index in [1.165, 1.54) is 0 Å². The molecule has 0 aliphatic heterocycles. The molecule has 0 fully saturated rings. The van der Waals surface area contributed by atoms with Gasteiger partial charge in [-0.3, -0.25) is 4.98 Å². The van der Waals surface area contributed by atoms with Crippen molar-refractivity contribution < 1.29 is 0 Å². The number of pyridine rings is 2. The first-order chi connectivity index (χ1) is 11.8. The average molecular weight is 336 g/mol. The van der Waals surface area contributed by atoms with Crippen molar-refractivity contribution in [2.45, 2.75) is 24.4 Å². The van der Waals surface area contributed by atoms with Gasteiger partial charge in [0.15, 0.2) is 11.0 Å². The number of aromatic nitrogens is 6. The van der Waals surface area contributed by atoms with Crippen LogP contribution in [0.1, 0.15) is 12.6 Å². The third kappa shape index (κ3) is 2.78. The molecule has 4 aromatic heterocycles. The van der Waals surface area contributed by atoms with Crippen molar-refractivity contribution >= 4 is 17.4 Å². The van der Waals surface area contributed by atoms with Crippen molar-refractivity contribution in [3.63, 3.8) is 0 Å². The van der Waals surface area contributed by atoms with Crippen molar-refractivity contribution in [2.75, 3.05) is 0 Å². The number of hydrogen-bond acceptors (Lipinski definition) is 5. The molecular formula is C17H16N6S. The molecule has 0 spiro atoms. The molecule has 120 valence electrons. The summed E-state index contributed by atoms with van der Waals surface area (Å²) in [6.45, 7) is 2.89. The molecule has 0 saturated heterocycles.